The number of esters is 1. The molecule has 0 aliphatic heterocycles. The largest absolute Gasteiger partial charge is 0.453 e. The Morgan fingerprint density at radius 3 is 2.41 bits per heavy atom. The molecule has 1 heterocycles. The van der Waals surface area contributed by atoms with Crippen LogP contribution in [0.5, 0.6) is 17.2 Å². The van der Waals surface area contributed by atoms with Crippen LogP contribution in [-0.4, -0.2) is 5.97 Å². The number of hydrogen-bond acceptors (Lipinski definition) is 5. The van der Waals surface area contributed by atoms with E-state index in [9.17, 15) is 22.8 Å². The van der Waals surface area contributed by atoms with Crippen molar-refractivity contribution in [2.24, 2.45) is 0 Å². The van der Waals surface area contributed by atoms with Gasteiger partial charge in [0.15, 0.2) is 0 Å². The second kappa shape index (κ2) is 9.04. The van der Waals surface area contributed by atoms with Crippen molar-refractivity contribution in [2.45, 2.75) is 13.1 Å². The predicted octanol–water partition coefficient (Wildman–Crippen LogP) is 7.44. The fourth-order valence-corrected chi connectivity index (χ4v) is 3.60. The SMILES string of the molecule is Cc1cccc(Oc2c(C(F)(F)F)oc3cc(OC(=O)c4ccc(Cl)cc4Cl)ccc3c2=O)c1. The number of carbonyl (C=O) groups is 1. The third kappa shape index (κ3) is 4.88. The summed E-state index contributed by atoms with van der Waals surface area (Å²) >= 11 is 11.8. The van der Waals surface area contributed by atoms with Crippen LogP contribution >= 0.6 is 23.2 Å². The number of aryl methyl sites for hydroxylation is 1. The molecule has 0 amide bonds. The van der Waals surface area contributed by atoms with Crippen LogP contribution in [0.3, 0.4) is 0 Å². The number of carbonyl (C=O) groups excluding carboxylic acids is 1. The van der Waals surface area contributed by atoms with Gasteiger partial charge in [-0.2, -0.15) is 13.2 Å². The van der Waals surface area contributed by atoms with Crippen molar-refractivity contribution in [3.63, 3.8) is 0 Å². The molecule has 174 valence electrons. The minimum absolute atomic E-state index is 0.00880. The van der Waals surface area contributed by atoms with Crippen molar-refractivity contribution in [3.8, 4) is 17.2 Å². The first-order chi connectivity index (χ1) is 16.0. The summed E-state index contributed by atoms with van der Waals surface area (Å²) in [5.74, 6) is -3.60. The van der Waals surface area contributed by atoms with Gasteiger partial charge in [-0.1, -0.05) is 35.3 Å². The molecule has 0 aliphatic carbocycles. The van der Waals surface area contributed by atoms with Gasteiger partial charge < -0.3 is 13.9 Å². The Hall–Kier alpha value is -3.49. The first-order valence-corrected chi connectivity index (χ1v) is 10.4. The molecular weight excluding hydrogens is 496 g/mol. The number of ether oxygens (including phenoxy) is 2. The van der Waals surface area contributed by atoms with Crippen LogP contribution in [0.25, 0.3) is 11.0 Å². The van der Waals surface area contributed by atoms with Gasteiger partial charge in [0.2, 0.25) is 11.2 Å². The molecule has 0 saturated carbocycles. The molecule has 0 saturated heterocycles. The average molecular weight is 509 g/mol. The second-order valence-corrected chi connectivity index (χ2v) is 8.02. The van der Waals surface area contributed by atoms with Gasteiger partial charge in [0.05, 0.1) is 16.0 Å². The minimum atomic E-state index is -5.03. The molecule has 10 heteroatoms. The molecule has 34 heavy (non-hydrogen) atoms. The lowest BCUT2D eigenvalue weighted by molar-refractivity contribution is -0.154. The van der Waals surface area contributed by atoms with E-state index in [1.54, 1.807) is 19.1 Å². The van der Waals surface area contributed by atoms with E-state index in [4.69, 9.17) is 37.1 Å². The van der Waals surface area contributed by atoms with E-state index in [0.29, 0.717) is 5.02 Å². The molecule has 0 bridgehead atoms. The molecule has 0 spiro atoms. The zero-order valence-corrected chi connectivity index (χ0v) is 18.7. The highest BCUT2D eigenvalue weighted by Crippen LogP contribution is 2.39. The number of alkyl halides is 3. The van der Waals surface area contributed by atoms with Gasteiger partial charge in [-0.3, -0.25) is 4.79 Å². The predicted molar refractivity (Wildman–Crippen MR) is 120 cm³/mol. The van der Waals surface area contributed by atoms with E-state index < -0.39 is 34.7 Å². The summed E-state index contributed by atoms with van der Waals surface area (Å²) in [5.41, 5.74) is -0.760. The van der Waals surface area contributed by atoms with E-state index in [1.165, 1.54) is 42.5 Å². The lowest BCUT2D eigenvalue weighted by atomic mass is 10.2. The molecule has 4 aromatic rings. The Labute approximate surface area is 200 Å². The fraction of sp³-hybridized carbons (Fsp3) is 0.0833. The van der Waals surface area contributed by atoms with Crippen LogP contribution in [-0.2, 0) is 6.18 Å². The highest BCUT2D eigenvalue weighted by Gasteiger charge is 2.40. The second-order valence-electron chi connectivity index (χ2n) is 7.18. The quantitative estimate of drug-likeness (QED) is 0.211. The summed E-state index contributed by atoms with van der Waals surface area (Å²) in [6.45, 7) is 1.72. The normalized spacial score (nSPS) is 11.5. The summed E-state index contributed by atoms with van der Waals surface area (Å²) in [6.07, 6.45) is -5.03. The van der Waals surface area contributed by atoms with Gasteiger partial charge in [-0.25, -0.2) is 4.79 Å². The van der Waals surface area contributed by atoms with Crippen LogP contribution in [0.15, 0.2) is 69.9 Å². The summed E-state index contributed by atoms with van der Waals surface area (Å²) in [6, 6.07) is 13.7. The number of fused-ring (bicyclic) bond motifs is 1. The Kier molecular flexibility index (Phi) is 6.29. The molecule has 4 rings (SSSR count). The van der Waals surface area contributed by atoms with Crippen LogP contribution in [0.4, 0.5) is 13.2 Å². The Balaban J connectivity index is 1.76. The van der Waals surface area contributed by atoms with Gasteiger partial charge in [-0.05, 0) is 55.0 Å². The third-order valence-corrected chi connectivity index (χ3v) is 5.20. The molecule has 5 nitrogen and oxygen atoms in total. The Morgan fingerprint density at radius 1 is 0.971 bits per heavy atom. The standard InChI is InChI=1S/C24H13Cl2F3O5/c1-12-3-2-4-14(9-12)32-21-20(30)17-8-6-15(11-19(17)34-22(21)24(27,28)29)33-23(31)16-7-5-13(25)10-18(16)26/h2-11H,1H3. The maximum Gasteiger partial charge on any atom is 0.453 e. The summed E-state index contributed by atoms with van der Waals surface area (Å²) in [7, 11) is 0. The van der Waals surface area contributed by atoms with Crippen molar-refractivity contribution >= 4 is 40.1 Å². The molecule has 0 aliphatic rings. The van der Waals surface area contributed by atoms with Crippen molar-refractivity contribution in [1.29, 1.82) is 0 Å². The van der Waals surface area contributed by atoms with Gasteiger partial charge in [0.1, 0.15) is 17.1 Å². The van der Waals surface area contributed by atoms with Gasteiger partial charge >= 0.3 is 12.1 Å². The number of benzene rings is 3. The van der Waals surface area contributed by atoms with Crippen LogP contribution < -0.4 is 14.9 Å². The summed E-state index contributed by atoms with van der Waals surface area (Å²) in [4.78, 5) is 25.3. The molecule has 0 radical (unpaired) electrons. The van der Waals surface area contributed by atoms with E-state index in [2.05, 4.69) is 0 Å². The van der Waals surface area contributed by atoms with E-state index in [-0.39, 0.29) is 27.5 Å². The minimum Gasteiger partial charge on any atom is -0.449 e. The highest BCUT2D eigenvalue weighted by molar-refractivity contribution is 6.36. The maximum absolute atomic E-state index is 13.7. The van der Waals surface area contributed by atoms with Gasteiger partial charge in [0.25, 0.3) is 5.76 Å². The molecular formula is C24H13Cl2F3O5. The van der Waals surface area contributed by atoms with Crippen LogP contribution in [0.1, 0.15) is 21.7 Å². The first-order valence-electron chi connectivity index (χ1n) is 9.63. The number of hydrogen-bond donors (Lipinski definition) is 0. The topological polar surface area (TPSA) is 65.7 Å². The molecule has 1 aromatic heterocycles. The van der Waals surface area contributed by atoms with Crippen LogP contribution in [0.2, 0.25) is 10.0 Å². The maximum atomic E-state index is 13.7. The number of rotatable bonds is 4. The highest BCUT2D eigenvalue weighted by atomic mass is 35.5. The van der Waals surface area contributed by atoms with Crippen molar-refractivity contribution in [3.05, 3.63) is 97.8 Å². The zero-order chi connectivity index (χ0) is 24.6. The smallest absolute Gasteiger partial charge is 0.449 e. The van der Waals surface area contributed by atoms with E-state index in [1.807, 2.05) is 0 Å². The lowest BCUT2D eigenvalue weighted by Crippen LogP contribution is -2.15. The Morgan fingerprint density at radius 2 is 1.74 bits per heavy atom. The van der Waals surface area contributed by atoms with Crippen molar-refractivity contribution in [2.75, 3.05) is 0 Å². The molecule has 3 aromatic carbocycles. The van der Waals surface area contributed by atoms with E-state index in [0.717, 1.165) is 11.6 Å². The summed E-state index contributed by atoms with van der Waals surface area (Å²) < 4.78 is 56.7. The Bertz CT molecular complexity index is 1480. The molecule has 0 atom stereocenters. The fourth-order valence-electron chi connectivity index (χ4n) is 3.11. The zero-order valence-electron chi connectivity index (χ0n) is 17.2. The molecule has 0 N–H and O–H groups in total. The van der Waals surface area contributed by atoms with Crippen molar-refractivity contribution < 1.29 is 31.9 Å². The van der Waals surface area contributed by atoms with Crippen LogP contribution in [0, 0.1) is 6.92 Å². The summed E-state index contributed by atoms with van der Waals surface area (Å²) in [5, 5.41) is 0.138. The number of halogens is 5. The van der Waals surface area contributed by atoms with Gasteiger partial charge in [-0.15, -0.1) is 0 Å². The first kappa shape index (κ1) is 23.7. The lowest BCUT2D eigenvalue weighted by Gasteiger charge is -2.14. The van der Waals surface area contributed by atoms with Gasteiger partial charge in [0, 0.05) is 11.1 Å². The third-order valence-electron chi connectivity index (χ3n) is 4.65. The van der Waals surface area contributed by atoms with E-state index >= 15 is 0 Å². The molecule has 0 unspecified atom stereocenters. The average Bonchev–Trinajstić information content (AvgIpc) is 2.74. The molecule has 0 fully saturated rings. The van der Waals surface area contributed by atoms with Crippen molar-refractivity contribution in [1.82, 2.24) is 0 Å². The monoisotopic (exact) mass is 508 g/mol.